The SMILES string of the molecule is Cc1ccc2nc(NC(=O)C(Sc3cccc(NC(=O)c4ccco4)c3)c3ccccc3)sc2c1. The number of hydrogen-bond donors (Lipinski definition) is 2. The molecule has 2 heterocycles. The molecule has 0 bridgehead atoms. The fourth-order valence-corrected chi connectivity index (χ4v) is 5.59. The lowest BCUT2D eigenvalue weighted by Gasteiger charge is -2.16. The van der Waals surface area contributed by atoms with Crippen molar-refractivity contribution in [3.8, 4) is 0 Å². The van der Waals surface area contributed by atoms with Gasteiger partial charge in [-0.15, -0.1) is 11.8 Å². The maximum absolute atomic E-state index is 13.4. The van der Waals surface area contributed by atoms with Crippen LogP contribution in [0.15, 0.2) is 101 Å². The quantitative estimate of drug-likeness (QED) is 0.237. The minimum absolute atomic E-state index is 0.165. The zero-order valence-electron chi connectivity index (χ0n) is 18.7. The molecule has 0 aliphatic heterocycles. The molecule has 0 saturated carbocycles. The molecule has 6 nitrogen and oxygen atoms in total. The molecule has 0 spiro atoms. The van der Waals surface area contributed by atoms with Crippen molar-refractivity contribution in [2.75, 3.05) is 10.6 Å². The normalized spacial score (nSPS) is 11.8. The zero-order valence-corrected chi connectivity index (χ0v) is 20.4. The predicted molar refractivity (Wildman–Crippen MR) is 141 cm³/mol. The van der Waals surface area contributed by atoms with Crippen LogP contribution in [0, 0.1) is 6.92 Å². The molecule has 2 N–H and O–H groups in total. The van der Waals surface area contributed by atoms with Gasteiger partial charge < -0.3 is 15.1 Å². The summed E-state index contributed by atoms with van der Waals surface area (Å²) in [5.74, 6) is -0.266. The number of carbonyl (C=O) groups excluding carboxylic acids is 2. The van der Waals surface area contributed by atoms with Gasteiger partial charge in [0.2, 0.25) is 5.91 Å². The molecule has 1 unspecified atom stereocenters. The number of aromatic nitrogens is 1. The van der Waals surface area contributed by atoms with Crippen LogP contribution in [0.3, 0.4) is 0 Å². The van der Waals surface area contributed by atoms with E-state index in [1.54, 1.807) is 18.2 Å². The van der Waals surface area contributed by atoms with Gasteiger partial charge in [0.15, 0.2) is 10.9 Å². The van der Waals surface area contributed by atoms with Gasteiger partial charge in [-0.2, -0.15) is 0 Å². The van der Waals surface area contributed by atoms with Crippen molar-refractivity contribution in [2.24, 2.45) is 0 Å². The predicted octanol–water partition coefficient (Wildman–Crippen LogP) is 6.92. The largest absolute Gasteiger partial charge is 0.459 e. The summed E-state index contributed by atoms with van der Waals surface area (Å²) in [6.45, 7) is 2.03. The first kappa shape index (κ1) is 22.9. The summed E-state index contributed by atoms with van der Waals surface area (Å²) >= 11 is 2.87. The topological polar surface area (TPSA) is 84.2 Å². The molecule has 0 fully saturated rings. The Morgan fingerprint density at radius 2 is 1.80 bits per heavy atom. The summed E-state index contributed by atoms with van der Waals surface area (Å²) in [5.41, 5.74) is 3.50. The molecule has 0 radical (unpaired) electrons. The Kier molecular flexibility index (Phi) is 6.65. The molecule has 8 heteroatoms. The van der Waals surface area contributed by atoms with Crippen molar-refractivity contribution in [1.29, 1.82) is 0 Å². The van der Waals surface area contributed by atoms with E-state index < -0.39 is 5.25 Å². The van der Waals surface area contributed by atoms with Gasteiger partial charge in [0.25, 0.3) is 5.91 Å². The number of carbonyl (C=O) groups is 2. The monoisotopic (exact) mass is 499 g/mol. The lowest BCUT2D eigenvalue weighted by atomic mass is 10.1. The molecular formula is C27H21N3O3S2. The van der Waals surface area contributed by atoms with E-state index in [9.17, 15) is 9.59 Å². The van der Waals surface area contributed by atoms with Gasteiger partial charge in [-0.25, -0.2) is 4.98 Å². The van der Waals surface area contributed by atoms with Gasteiger partial charge >= 0.3 is 0 Å². The first-order chi connectivity index (χ1) is 17.0. The third-order valence-electron chi connectivity index (χ3n) is 5.21. The van der Waals surface area contributed by atoms with E-state index >= 15 is 0 Å². The second-order valence-corrected chi connectivity index (χ2v) is 10.1. The van der Waals surface area contributed by atoms with Crippen LogP contribution in [0.5, 0.6) is 0 Å². The number of nitrogens with zero attached hydrogens (tertiary/aromatic N) is 1. The summed E-state index contributed by atoms with van der Waals surface area (Å²) in [4.78, 5) is 31.2. The Morgan fingerprint density at radius 1 is 0.943 bits per heavy atom. The number of thioether (sulfide) groups is 1. The minimum Gasteiger partial charge on any atom is -0.459 e. The Bertz CT molecular complexity index is 1480. The number of fused-ring (bicyclic) bond motifs is 1. The molecule has 0 aliphatic carbocycles. The molecule has 5 aromatic rings. The van der Waals surface area contributed by atoms with E-state index in [1.165, 1.54) is 29.4 Å². The first-order valence-electron chi connectivity index (χ1n) is 10.9. The Balaban J connectivity index is 1.37. The summed E-state index contributed by atoms with van der Waals surface area (Å²) in [5, 5.41) is 5.89. The number of thiazole rings is 1. The van der Waals surface area contributed by atoms with Crippen molar-refractivity contribution in [3.05, 3.63) is 108 Å². The second kappa shape index (κ2) is 10.2. The van der Waals surface area contributed by atoms with E-state index in [-0.39, 0.29) is 17.6 Å². The molecule has 174 valence electrons. The van der Waals surface area contributed by atoms with E-state index in [2.05, 4.69) is 21.7 Å². The van der Waals surface area contributed by atoms with Gasteiger partial charge in [-0.1, -0.05) is 53.8 Å². The number of aryl methyl sites for hydroxylation is 1. The van der Waals surface area contributed by atoms with Crippen LogP contribution < -0.4 is 10.6 Å². The van der Waals surface area contributed by atoms with Gasteiger partial charge in [0.1, 0.15) is 5.25 Å². The van der Waals surface area contributed by atoms with Crippen molar-refractivity contribution >= 4 is 55.9 Å². The van der Waals surface area contributed by atoms with Gasteiger partial charge in [-0.3, -0.25) is 9.59 Å². The summed E-state index contributed by atoms with van der Waals surface area (Å²) in [7, 11) is 0. The van der Waals surface area contributed by atoms with Crippen molar-refractivity contribution in [1.82, 2.24) is 4.98 Å². The molecule has 0 aliphatic rings. The van der Waals surface area contributed by atoms with Gasteiger partial charge in [0.05, 0.1) is 16.5 Å². The first-order valence-corrected chi connectivity index (χ1v) is 12.6. The lowest BCUT2D eigenvalue weighted by molar-refractivity contribution is -0.115. The average molecular weight is 500 g/mol. The average Bonchev–Trinajstić information content (AvgIpc) is 3.53. The van der Waals surface area contributed by atoms with E-state index in [1.807, 2.05) is 67.6 Å². The van der Waals surface area contributed by atoms with E-state index in [0.29, 0.717) is 10.8 Å². The molecule has 1 atom stereocenters. The van der Waals surface area contributed by atoms with Crippen LogP contribution in [-0.4, -0.2) is 16.8 Å². The fourth-order valence-electron chi connectivity index (χ4n) is 3.54. The summed E-state index contributed by atoms with van der Waals surface area (Å²) in [6.07, 6.45) is 1.46. The summed E-state index contributed by atoms with van der Waals surface area (Å²) < 4.78 is 6.19. The summed E-state index contributed by atoms with van der Waals surface area (Å²) in [6, 6.07) is 26.3. The highest BCUT2D eigenvalue weighted by molar-refractivity contribution is 8.00. The molecular weight excluding hydrogens is 478 g/mol. The maximum Gasteiger partial charge on any atom is 0.291 e. The lowest BCUT2D eigenvalue weighted by Crippen LogP contribution is -2.19. The molecule has 2 aromatic heterocycles. The molecule has 0 saturated heterocycles. The molecule has 35 heavy (non-hydrogen) atoms. The smallest absolute Gasteiger partial charge is 0.291 e. The Hall–Kier alpha value is -3.88. The Labute approximate surface area is 210 Å². The van der Waals surface area contributed by atoms with Gasteiger partial charge in [-0.05, 0) is 60.5 Å². The third kappa shape index (κ3) is 5.45. The van der Waals surface area contributed by atoms with Crippen LogP contribution >= 0.6 is 23.1 Å². The van der Waals surface area contributed by atoms with E-state index in [0.717, 1.165) is 26.2 Å². The standard InChI is InChI=1S/C27H21N3O3S2/c1-17-12-13-21-23(15-17)35-27(29-21)30-26(32)24(18-7-3-2-4-8-18)34-20-10-5-9-19(16-20)28-25(31)22-11-6-14-33-22/h2-16,24H,1H3,(H,28,31)(H,29,30,32). The molecule has 3 aromatic carbocycles. The highest BCUT2D eigenvalue weighted by Crippen LogP contribution is 2.38. The molecule has 2 amide bonds. The van der Waals surface area contributed by atoms with Crippen molar-refractivity contribution in [3.63, 3.8) is 0 Å². The number of rotatable bonds is 7. The van der Waals surface area contributed by atoms with Crippen LogP contribution in [-0.2, 0) is 4.79 Å². The fraction of sp³-hybridized carbons (Fsp3) is 0.0741. The van der Waals surface area contributed by atoms with E-state index in [4.69, 9.17) is 4.42 Å². The van der Waals surface area contributed by atoms with Crippen LogP contribution in [0.4, 0.5) is 10.8 Å². The van der Waals surface area contributed by atoms with Crippen molar-refractivity contribution < 1.29 is 14.0 Å². The van der Waals surface area contributed by atoms with Gasteiger partial charge in [0, 0.05) is 10.6 Å². The number of anilines is 2. The van der Waals surface area contributed by atoms with Crippen molar-refractivity contribution in [2.45, 2.75) is 17.1 Å². The minimum atomic E-state index is -0.513. The highest BCUT2D eigenvalue weighted by atomic mass is 32.2. The van der Waals surface area contributed by atoms with Crippen LogP contribution in [0.25, 0.3) is 10.2 Å². The number of furan rings is 1. The number of hydrogen-bond acceptors (Lipinski definition) is 6. The number of nitrogens with one attached hydrogen (secondary N) is 2. The van der Waals surface area contributed by atoms with Crippen LogP contribution in [0.2, 0.25) is 0 Å². The zero-order chi connectivity index (χ0) is 24.2. The van der Waals surface area contributed by atoms with Crippen LogP contribution in [0.1, 0.15) is 26.9 Å². The second-order valence-electron chi connectivity index (χ2n) is 7.85. The maximum atomic E-state index is 13.4. The Morgan fingerprint density at radius 3 is 2.60 bits per heavy atom. The highest BCUT2D eigenvalue weighted by Gasteiger charge is 2.23. The number of benzene rings is 3. The number of amides is 2. The third-order valence-corrected chi connectivity index (χ3v) is 7.39. The molecule has 5 rings (SSSR count).